The summed E-state index contributed by atoms with van der Waals surface area (Å²) < 4.78 is 0. The van der Waals surface area contributed by atoms with Crippen molar-refractivity contribution in [2.45, 2.75) is 26.7 Å². The first-order valence-electron chi connectivity index (χ1n) is 8.31. The molecule has 0 spiro atoms. The number of hydrogen-bond donors (Lipinski definition) is 3. The molecule has 2 aromatic carbocycles. The number of H-pyrrole nitrogens is 1. The summed E-state index contributed by atoms with van der Waals surface area (Å²) in [6.45, 7) is 5.82. The van der Waals surface area contributed by atoms with Gasteiger partial charge in [-0.05, 0) is 54.3 Å². The molecular formula is C20H20ClN3O2. The highest BCUT2D eigenvalue weighted by atomic mass is 35.5. The number of phenolic OH excluding ortho intramolecular Hbond substituents is 1. The second kappa shape index (κ2) is 7.22. The molecule has 0 aliphatic heterocycles. The Balaban J connectivity index is 1.83. The topological polar surface area (TPSA) is 78.0 Å². The van der Waals surface area contributed by atoms with E-state index in [2.05, 4.69) is 15.5 Å². The van der Waals surface area contributed by atoms with Crippen molar-refractivity contribution in [1.29, 1.82) is 0 Å². The van der Waals surface area contributed by atoms with Crippen molar-refractivity contribution in [3.63, 3.8) is 0 Å². The summed E-state index contributed by atoms with van der Waals surface area (Å²) in [5.41, 5.74) is 4.13. The number of hydrogen-bond acceptors (Lipinski definition) is 3. The SMILES string of the molecule is Cc1cc(O)c(C(C)C)cc1NC(=O)c1cc(-c2ccc(Cl)cc2)n[nH]1. The molecular weight excluding hydrogens is 350 g/mol. The fourth-order valence-corrected chi connectivity index (χ4v) is 2.83. The van der Waals surface area contributed by atoms with Crippen LogP contribution in [0.2, 0.25) is 5.02 Å². The Morgan fingerprint density at radius 3 is 2.54 bits per heavy atom. The molecule has 1 amide bonds. The van der Waals surface area contributed by atoms with E-state index in [0.717, 1.165) is 16.7 Å². The lowest BCUT2D eigenvalue weighted by Crippen LogP contribution is -2.13. The van der Waals surface area contributed by atoms with Gasteiger partial charge in [0.25, 0.3) is 5.91 Å². The molecule has 0 radical (unpaired) electrons. The quantitative estimate of drug-likeness (QED) is 0.558. The molecule has 0 aliphatic rings. The van der Waals surface area contributed by atoms with Gasteiger partial charge in [0.1, 0.15) is 11.4 Å². The van der Waals surface area contributed by atoms with Crippen molar-refractivity contribution < 1.29 is 9.90 Å². The number of anilines is 1. The summed E-state index contributed by atoms with van der Waals surface area (Å²) in [6.07, 6.45) is 0. The van der Waals surface area contributed by atoms with Crippen LogP contribution in [-0.4, -0.2) is 21.2 Å². The average Bonchev–Trinajstić information content (AvgIpc) is 3.07. The lowest BCUT2D eigenvalue weighted by molar-refractivity contribution is 0.102. The summed E-state index contributed by atoms with van der Waals surface area (Å²) >= 11 is 5.90. The number of rotatable bonds is 4. The predicted molar refractivity (Wildman–Crippen MR) is 104 cm³/mol. The second-order valence-electron chi connectivity index (χ2n) is 6.51. The number of aromatic amines is 1. The minimum Gasteiger partial charge on any atom is -0.508 e. The summed E-state index contributed by atoms with van der Waals surface area (Å²) in [4.78, 5) is 12.6. The van der Waals surface area contributed by atoms with Crippen LogP contribution in [0, 0.1) is 6.92 Å². The maximum atomic E-state index is 12.6. The maximum absolute atomic E-state index is 12.6. The fourth-order valence-electron chi connectivity index (χ4n) is 2.70. The van der Waals surface area contributed by atoms with Crippen molar-refractivity contribution in [3.05, 3.63) is 64.3 Å². The van der Waals surface area contributed by atoms with Gasteiger partial charge in [-0.1, -0.05) is 37.6 Å². The van der Waals surface area contributed by atoms with Gasteiger partial charge in [-0.3, -0.25) is 9.89 Å². The van der Waals surface area contributed by atoms with E-state index in [1.807, 2.05) is 39.0 Å². The van der Waals surface area contributed by atoms with Gasteiger partial charge in [0.05, 0.1) is 5.69 Å². The van der Waals surface area contributed by atoms with E-state index >= 15 is 0 Å². The van der Waals surface area contributed by atoms with E-state index in [4.69, 9.17) is 11.6 Å². The first-order valence-corrected chi connectivity index (χ1v) is 8.69. The van der Waals surface area contributed by atoms with Gasteiger partial charge in [0.2, 0.25) is 0 Å². The largest absolute Gasteiger partial charge is 0.508 e. The lowest BCUT2D eigenvalue weighted by Gasteiger charge is -2.14. The molecule has 0 unspecified atom stereocenters. The number of aromatic hydroxyl groups is 1. The van der Waals surface area contributed by atoms with Crippen molar-refractivity contribution >= 4 is 23.2 Å². The number of carbonyl (C=O) groups is 1. The van der Waals surface area contributed by atoms with E-state index in [1.165, 1.54) is 0 Å². The van der Waals surface area contributed by atoms with E-state index in [0.29, 0.717) is 22.1 Å². The third-order valence-electron chi connectivity index (χ3n) is 4.21. The van der Waals surface area contributed by atoms with Crippen LogP contribution < -0.4 is 5.32 Å². The number of carbonyl (C=O) groups excluding carboxylic acids is 1. The number of halogens is 1. The minimum absolute atomic E-state index is 0.148. The van der Waals surface area contributed by atoms with Crippen molar-refractivity contribution in [1.82, 2.24) is 10.2 Å². The summed E-state index contributed by atoms with van der Waals surface area (Å²) in [6, 6.07) is 12.4. The molecule has 0 saturated heterocycles. The molecule has 3 N–H and O–H groups in total. The molecule has 1 aromatic heterocycles. The molecule has 3 rings (SSSR count). The number of nitrogens with one attached hydrogen (secondary N) is 2. The molecule has 0 saturated carbocycles. The maximum Gasteiger partial charge on any atom is 0.273 e. The van der Waals surface area contributed by atoms with Crippen LogP contribution in [0.15, 0.2) is 42.5 Å². The van der Waals surface area contributed by atoms with Gasteiger partial charge in [0.15, 0.2) is 0 Å². The highest BCUT2D eigenvalue weighted by molar-refractivity contribution is 6.30. The van der Waals surface area contributed by atoms with Crippen LogP contribution >= 0.6 is 11.6 Å². The zero-order valence-electron chi connectivity index (χ0n) is 14.8. The third-order valence-corrected chi connectivity index (χ3v) is 4.46. The highest BCUT2D eigenvalue weighted by Gasteiger charge is 2.15. The van der Waals surface area contributed by atoms with Crippen molar-refractivity contribution in [3.8, 4) is 17.0 Å². The summed E-state index contributed by atoms with van der Waals surface area (Å²) in [5.74, 6) is 0.0955. The fraction of sp³-hybridized carbons (Fsp3) is 0.200. The van der Waals surface area contributed by atoms with Crippen LogP contribution in [0.5, 0.6) is 5.75 Å². The lowest BCUT2D eigenvalue weighted by atomic mass is 9.99. The Hall–Kier alpha value is -2.79. The Morgan fingerprint density at radius 1 is 1.19 bits per heavy atom. The monoisotopic (exact) mass is 369 g/mol. The molecule has 0 fully saturated rings. The van der Waals surface area contributed by atoms with Crippen LogP contribution in [0.1, 0.15) is 41.4 Å². The minimum atomic E-state index is -0.291. The van der Waals surface area contributed by atoms with Gasteiger partial charge >= 0.3 is 0 Å². The van der Waals surface area contributed by atoms with E-state index in [9.17, 15) is 9.90 Å². The molecule has 3 aromatic rings. The molecule has 26 heavy (non-hydrogen) atoms. The van der Waals surface area contributed by atoms with E-state index in [-0.39, 0.29) is 17.6 Å². The van der Waals surface area contributed by atoms with Gasteiger partial charge in [0, 0.05) is 16.3 Å². The Labute approximate surface area is 157 Å². The Morgan fingerprint density at radius 2 is 1.88 bits per heavy atom. The standard InChI is InChI=1S/C20H20ClN3O2/c1-11(2)15-9-16(12(3)8-19(15)25)22-20(26)18-10-17(23-24-18)13-4-6-14(21)7-5-13/h4-11,25H,1-3H3,(H,22,26)(H,23,24). The Bertz CT molecular complexity index is 946. The smallest absolute Gasteiger partial charge is 0.273 e. The normalized spacial score (nSPS) is 11.0. The highest BCUT2D eigenvalue weighted by Crippen LogP contribution is 2.31. The first kappa shape index (κ1) is 18.0. The number of nitrogens with zero attached hydrogens (tertiary/aromatic N) is 1. The summed E-state index contributed by atoms with van der Waals surface area (Å²) in [7, 11) is 0. The molecule has 0 aliphatic carbocycles. The van der Waals surface area contributed by atoms with Gasteiger partial charge in [-0.25, -0.2) is 0 Å². The number of aromatic nitrogens is 2. The number of phenols is 1. The number of benzene rings is 2. The van der Waals surface area contributed by atoms with Gasteiger partial charge in [-0.15, -0.1) is 0 Å². The van der Waals surface area contributed by atoms with Gasteiger partial charge in [-0.2, -0.15) is 5.10 Å². The average molecular weight is 370 g/mol. The predicted octanol–water partition coefficient (Wildman–Crippen LogP) is 5.12. The number of amides is 1. The van der Waals surface area contributed by atoms with Crippen molar-refractivity contribution in [2.24, 2.45) is 0 Å². The first-order chi connectivity index (χ1) is 12.3. The van der Waals surface area contributed by atoms with Crippen LogP contribution in [-0.2, 0) is 0 Å². The molecule has 1 heterocycles. The van der Waals surface area contributed by atoms with Gasteiger partial charge < -0.3 is 10.4 Å². The molecule has 0 bridgehead atoms. The van der Waals surface area contributed by atoms with E-state index < -0.39 is 0 Å². The molecule has 6 heteroatoms. The zero-order valence-corrected chi connectivity index (χ0v) is 15.6. The molecule has 0 atom stereocenters. The van der Waals surface area contributed by atoms with Crippen LogP contribution in [0.25, 0.3) is 11.3 Å². The third kappa shape index (κ3) is 3.73. The summed E-state index contributed by atoms with van der Waals surface area (Å²) in [5, 5.41) is 20.5. The zero-order chi connectivity index (χ0) is 18.8. The van der Waals surface area contributed by atoms with E-state index in [1.54, 1.807) is 24.3 Å². The van der Waals surface area contributed by atoms with Crippen LogP contribution in [0.4, 0.5) is 5.69 Å². The molecule has 5 nitrogen and oxygen atoms in total. The number of aryl methyl sites for hydroxylation is 1. The molecule has 134 valence electrons. The van der Waals surface area contributed by atoms with Crippen LogP contribution in [0.3, 0.4) is 0 Å². The van der Waals surface area contributed by atoms with Crippen molar-refractivity contribution in [2.75, 3.05) is 5.32 Å². The second-order valence-corrected chi connectivity index (χ2v) is 6.94. The Kier molecular flexibility index (Phi) is 5.00.